The van der Waals surface area contributed by atoms with E-state index in [4.69, 9.17) is 4.74 Å². The van der Waals surface area contributed by atoms with E-state index in [1.54, 1.807) is 11.3 Å². The molecule has 5 nitrogen and oxygen atoms in total. The van der Waals surface area contributed by atoms with Crippen molar-refractivity contribution in [2.24, 2.45) is 5.92 Å². The van der Waals surface area contributed by atoms with Gasteiger partial charge in [0.25, 0.3) is 5.91 Å². The molecule has 2 N–H and O–H groups in total. The summed E-state index contributed by atoms with van der Waals surface area (Å²) in [6, 6.07) is 1.86. The van der Waals surface area contributed by atoms with E-state index in [-0.39, 0.29) is 24.2 Å². The predicted molar refractivity (Wildman–Crippen MR) is 100 cm³/mol. The fraction of sp³-hybridized carbons (Fsp3) is 0.737. The van der Waals surface area contributed by atoms with Gasteiger partial charge in [-0.25, -0.2) is 0 Å². The minimum Gasteiger partial charge on any atom is -0.394 e. The van der Waals surface area contributed by atoms with Crippen LogP contribution in [0, 0.1) is 5.92 Å². The summed E-state index contributed by atoms with van der Waals surface area (Å²) in [7, 11) is 2.15. The Morgan fingerprint density at radius 1 is 1.44 bits per heavy atom. The Bertz CT molecular complexity index is 606. The summed E-state index contributed by atoms with van der Waals surface area (Å²) in [5.74, 6) is 0.368. The number of carbonyl (C=O) groups excluding carboxylic acids is 1. The van der Waals surface area contributed by atoms with E-state index in [0.29, 0.717) is 5.92 Å². The standard InChI is InChI=1S/C19H30N2O3S/c1-13(2)10-14(12-22)20-18(23)17-11-15-16(25-17)4-9-24-19(15)5-7-21(3)8-6-19/h11,13-14,22H,4-10,12H2,1-3H3,(H,20,23)/t14-/m0/s1. The molecule has 1 spiro atoms. The van der Waals surface area contributed by atoms with E-state index in [2.05, 4.69) is 31.1 Å². The molecule has 0 unspecified atom stereocenters. The molecule has 0 radical (unpaired) electrons. The maximum atomic E-state index is 12.7. The molecule has 25 heavy (non-hydrogen) atoms. The van der Waals surface area contributed by atoms with Gasteiger partial charge in [0.1, 0.15) is 0 Å². The summed E-state index contributed by atoms with van der Waals surface area (Å²) in [4.78, 5) is 17.1. The third-order valence-electron chi connectivity index (χ3n) is 5.34. The summed E-state index contributed by atoms with van der Waals surface area (Å²) in [6.07, 6.45) is 3.65. The van der Waals surface area contributed by atoms with Crippen molar-refractivity contribution in [1.29, 1.82) is 0 Å². The van der Waals surface area contributed by atoms with Crippen molar-refractivity contribution in [2.75, 3.05) is 33.4 Å². The smallest absolute Gasteiger partial charge is 0.261 e. The molecular weight excluding hydrogens is 336 g/mol. The SMILES string of the molecule is CC(C)C[C@@H](CO)NC(=O)c1cc2c(s1)CCOC21CCN(C)CC1. The number of carbonyl (C=O) groups is 1. The largest absolute Gasteiger partial charge is 0.394 e. The molecule has 0 saturated carbocycles. The van der Waals surface area contributed by atoms with Gasteiger partial charge in [0.05, 0.1) is 29.7 Å². The highest BCUT2D eigenvalue weighted by molar-refractivity contribution is 7.14. The molecule has 1 aromatic rings. The first-order valence-electron chi connectivity index (χ1n) is 9.31. The van der Waals surface area contributed by atoms with Gasteiger partial charge in [-0.15, -0.1) is 11.3 Å². The lowest BCUT2D eigenvalue weighted by Crippen LogP contribution is -2.44. The molecule has 1 saturated heterocycles. The fourth-order valence-corrected chi connectivity index (χ4v) is 5.06. The van der Waals surface area contributed by atoms with Crippen LogP contribution in [0.3, 0.4) is 0 Å². The zero-order chi connectivity index (χ0) is 18.0. The van der Waals surface area contributed by atoms with Crippen LogP contribution < -0.4 is 5.32 Å². The summed E-state index contributed by atoms with van der Waals surface area (Å²) in [5, 5.41) is 12.5. The van der Waals surface area contributed by atoms with E-state index in [1.165, 1.54) is 10.4 Å². The number of rotatable bonds is 5. The van der Waals surface area contributed by atoms with Crippen molar-refractivity contribution in [3.8, 4) is 0 Å². The van der Waals surface area contributed by atoms with Crippen LogP contribution in [0.5, 0.6) is 0 Å². The third kappa shape index (κ3) is 4.08. The topological polar surface area (TPSA) is 61.8 Å². The van der Waals surface area contributed by atoms with Crippen molar-refractivity contribution in [3.63, 3.8) is 0 Å². The Kier molecular flexibility index (Phi) is 5.83. The second-order valence-corrected chi connectivity index (χ2v) is 8.96. The van der Waals surface area contributed by atoms with E-state index >= 15 is 0 Å². The molecule has 140 valence electrons. The number of hydrogen-bond donors (Lipinski definition) is 2. The maximum absolute atomic E-state index is 12.7. The van der Waals surface area contributed by atoms with Gasteiger partial charge < -0.3 is 20.1 Å². The molecule has 1 amide bonds. The Hall–Kier alpha value is -0.950. The van der Waals surface area contributed by atoms with Crippen LogP contribution >= 0.6 is 11.3 Å². The van der Waals surface area contributed by atoms with Crippen molar-refractivity contribution >= 4 is 17.2 Å². The van der Waals surface area contributed by atoms with Crippen LogP contribution in [0.25, 0.3) is 0 Å². The number of nitrogens with one attached hydrogen (secondary N) is 1. The van der Waals surface area contributed by atoms with Crippen molar-refractivity contribution in [3.05, 3.63) is 21.4 Å². The van der Waals surface area contributed by atoms with Crippen LogP contribution in [0.15, 0.2) is 6.07 Å². The van der Waals surface area contributed by atoms with Crippen molar-refractivity contribution < 1.29 is 14.6 Å². The number of thiophene rings is 1. The second-order valence-electron chi connectivity index (χ2n) is 7.83. The highest BCUT2D eigenvalue weighted by Crippen LogP contribution is 2.44. The first-order valence-corrected chi connectivity index (χ1v) is 10.1. The van der Waals surface area contributed by atoms with E-state index in [0.717, 1.165) is 50.3 Å². The lowest BCUT2D eigenvalue weighted by atomic mass is 9.82. The van der Waals surface area contributed by atoms with Crippen molar-refractivity contribution in [2.45, 2.75) is 51.2 Å². The molecule has 3 rings (SSSR count). The third-order valence-corrected chi connectivity index (χ3v) is 6.53. The van der Waals surface area contributed by atoms with Crippen LogP contribution in [-0.2, 0) is 16.8 Å². The molecule has 0 aliphatic carbocycles. The van der Waals surface area contributed by atoms with E-state index in [9.17, 15) is 9.90 Å². The summed E-state index contributed by atoms with van der Waals surface area (Å²) < 4.78 is 6.24. The molecule has 2 aliphatic rings. The number of aliphatic hydroxyl groups is 1. The summed E-state index contributed by atoms with van der Waals surface area (Å²) >= 11 is 1.60. The van der Waals surface area contributed by atoms with Gasteiger partial charge in [0.2, 0.25) is 0 Å². The van der Waals surface area contributed by atoms with Crippen LogP contribution in [0.2, 0.25) is 0 Å². The molecule has 1 fully saturated rings. The molecule has 0 aromatic carbocycles. The van der Waals surface area contributed by atoms with Gasteiger partial charge >= 0.3 is 0 Å². The number of piperidine rings is 1. The molecule has 3 heterocycles. The number of likely N-dealkylation sites (tertiary alicyclic amines) is 1. The van der Waals surface area contributed by atoms with Gasteiger partial charge in [0.15, 0.2) is 0 Å². The molecule has 1 aromatic heterocycles. The van der Waals surface area contributed by atoms with E-state index < -0.39 is 0 Å². The average Bonchev–Trinajstić information content (AvgIpc) is 3.02. The van der Waals surface area contributed by atoms with E-state index in [1.807, 2.05) is 6.07 Å². The Balaban J connectivity index is 1.77. The minimum absolute atomic E-state index is 0.0195. The fourth-order valence-electron chi connectivity index (χ4n) is 3.93. The lowest BCUT2D eigenvalue weighted by molar-refractivity contribution is -0.0942. The number of fused-ring (bicyclic) bond motifs is 2. The number of ether oxygens (including phenoxy) is 1. The Morgan fingerprint density at radius 2 is 2.16 bits per heavy atom. The molecule has 1 atom stereocenters. The summed E-state index contributed by atoms with van der Waals surface area (Å²) in [6.45, 7) is 6.97. The molecule has 6 heteroatoms. The number of hydrogen-bond acceptors (Lipinski definition) is 5. The predicted octanol–water partition coefficient (Wildman–Crippen LogP) is 2.38. The first kappa shape index (κ1) is 18.8. The molecule has 2 aliphatic heterocycles. The van der Waals surface area contributed by atoms with Crippen LogP contribution in [0.1, 0.15) is 53.2 Å². The van der Waals surface area contributed by atoms with Crippen molar-refractivity contribution in [1.82, 2.24) is 10.2 Å². The van der Waals surface area contributed by atoms with Gasteiger partial charge in [0, 0.05) is 24.4 Å². The lowest BCUT2D eigenvalue weighted by Gasteiger charge is -2.43. The maximum Gasteiger partial charge on any atom is 0.261 e. The highest BCUT2D eigenvalue weighted by atomic mass is 32.1. The van der Waals surface area contributed by atoms with Gasteiger partial charge in [-0.3, -0.25) is 4.79 Å². The quantitative estimate of drug-likeness (QED) is 0.840. The average molecular weight is 367 g/mol. The highest BCUT2D eigenvalue weighted by Gasteiger charge is 2.41. The van der Waals surface area contributed by atoms with Gasteiger partial charge in [-0.05, 0) is 43.9 Å². The zero-order valence-corrected chi connectivity index (χ0v) is 16.3. The monoisotopic (exact) mass is 366 g/mol. The number of aliphatic hydroxyl groups excluding tert-OH is 1. The normalized spacial score (nSPS) is 21.3. The van der Waals surface area contributed by atoms with Gasteiger partial charge in [-0.2, -0.15) is 0 Å². The zero-order valence-electron chi connectivity index (χ0n) is 15.5. The Morgan fingerprint density at radius 3 is 2.80 bits per heavy atom. The second kappa shape index (κ2) is 7.74. The molecular formula is C19H30N2O3S. The minimum atomic E-state index is -0.205. The van der Waals surface area contributed by atoms with Gasteiger partial charge in [-0.1, -0.05) is 13.8 Å². The first-order chi connectivity index (χ1) is 11.9. The summed E-state index contributed by atoms with van der Waals surface area (Å²) in [5.41, 5.74) is 1.02. The molecule has 0 bridgehead atoms. The van der Waals surface area contributed by atoms with Crippen LogP contribution in [-0.4, -0.2) is 55.3 Å². The Labute approximate surface area is 154 Å². The van der Waals surface area contributed by atoms with Crippen LogP contribution in [0.4, 0.5) is 0 Å². The number of nitrogens with zero attached hydrogens (tertiary/aromatic N) is 1. The number of amides is 1.